The van der Waals surface area contributed by atoms with E-state index in [1.807, 2.05) is 35.2 Å². The van der Waals surface area contributed by atoms with Crippen molar-refractivity contribution in [2.75, 3.05) is 6.61 Å². The van der Waals surface area contributed by atoms with E-state index >= 15 is 0 Å². The lowest BCUT2D eigenvalue weighted by molar-refractivity contribution is -0.136. The van der Waals surface area contributed by atoms with Crippen LogP contribution in [0, 0.1) is 0 Å². The van der Waals surface area contributed by atoms with Crippen LogP contribution in [0.15, 0.2) is 35.7 Å². The first kappa shape index (κ1) is 21.5. The topological polar surface area (TPSA) is 59.5 Å². The molecule has 29 heavy (non-hydrogen) atoms. The maximum absolute atomic E-state index is 13.6. The SMILES string of the molecule is CCOC(=O)c1csc(CN(C(=O)C(CC)c2ccccc2)C2CCCCC2)n1. The van der Waals surface area contributed by atoms with E-state index in [9.17, 15) is 9.59 Å². The molecule has 1 saturated carbocycles. The molecule has 1 aromatic heterocycles. The number of thiazole rings is 1. The monoisotopic (exact) mass is 414 g/mol. The highest BCUT2D eigenvalue weighted by molar-refractivity contribution is 7.09. The lowest BCUT2D eigenvalue weighted by Gasteiger charge is -2.36. The summed E-state index contributed by atoms with van der Waals surface area (Å²) < 4.78 is 5.05. The molecule has 1 aromatic carbocycles. The average Bonchev–Trinajstić information content (AvgIpc) is 3.23. The van der Waals surface area contributed by atoms with Crippen LogP contribution in [0.5, 0.6) is 0 Å². The first-order valence-corrected chi connectivity index (χ1v) is 11.5. The Balaban J connectivity index is 1.82. The van der Waals surface area contributed by atoms with Gasteiger partial charge in [-0.05, 0) is 31.7 Å². The molecule has 2 aromatic rings. The third kappa shape index (κ3) is 5.44. The minimum atomic E-state index is -0.402. The predicted octanol–water partition coefficient (Wildman–Crippen LogP) is 5.17. The van der Waals surface area contributed by atoms with Crippen LogP contribution in [-0.2, 0) is 16.1 Å². The van der Waals surface area contributed by atoms with E-state index < -0.39 is 5.97 Å². The Morgan fingerprint density at radius 2 is 1.90 bits per heavy atom. The molecule has 1 aliphatic rings. The number of amides is 1. The van der Waals surface area contributed by atoms with Gasteiger partial charge in [-0.25, -0.2) is 9.78 Å². The molecule has 1 unspecified atom stereocenters. The van der Waals surface area contributed by atoms with E-state index in [0.717, 1.165) is 42.7 Å². The van der Waals surface area contributed by atoms with E-state index in [1.165, 1.54) is 17.8 Å². The van der Waals surface area contributed by atoms with Gasteiger partial charge < -0.3 is 9.64 Å². The number of esters is 1. The number of carbonyl (C=O) groups excluding carboxylic acids is 2. The minimum absolute atomic E-state index is 0.150. The third-order valence-corrected chi connectivity index (χ3v) is 6.38. The maximum Gasteiger partial charge on any atom is 0.357 e. The van der Waals surface area contributed by atoms with Gasteiger partial charge in [0.2, 0.25) is 5.91 Å². The van der Waals surface area contributed by atoms with Gasteiger partial charge in [-0.1, -0.05) is 56.5 Å². The molecule has 1 atom stereocenters. The first-order chi connectivity index (χ1) is 14.1. The van der Waals surface area contributed by atoms with Gasteiger partial charge in [0.05, 0.1) is 19.1 Å². The summed E-state index contributed by atoms with van der Waals surface area (Å²) in [5.74, 6) is -0.387. The number of nitrogens with zero attached hydrogens (tertiary/aromatic N) is 2. The molecule has 0 saturated heterocycles. The van der Waals surface area contributed by atoms with Crippen molar-refractivity contribution in [3.63, 3.8) is 0 Å². The van der Waals surface area contributed by atoms with Gasteiger partial charge >= 0.3 is 5.97 Å². The summed E-state index contributed by atoms with van der Waals surface area (Å²) >= 11 is 1.42. The van der Waals surface area contributed by atoms with Gasteiger partial charge in [0.15, 0.2) is 5.69 Å². The van der Waals surface area contributed by atoms with Gasteiger partial charge in [-0.15, -0.1) is 11.3 Å². The molecule has 5 nitrogen and oxygen atoms in total. The van der Waals surface area contributed by atoms with Gasteiger partial charge in [0.1, 0.15) is 5.01 Å². The second kappa shape index (κ2) is 10.5. The van der Waals surface area contributed by atoms with Crippen LogP contribution in [0.1, 0.15) is 79.3 Å². The van der Waals surface area contributed by atoms with E-state index in [0.29, 0.717) is 18.8 Å². The molecular weight excluding hydrogens is 384 g/mol. The molecule has 1 amide bonds. The fourth-order valence-electron chi connectivity index (χ4n) is 4.05. The summed E-state index contributed by atoms with van der Waals surface area (Å²) in [5.41, 5.74) is 1.39. The Bertz CT molecular complexity index is 799. The zero-order valence-electron chi connectivity index (χ0n) is 17.3. The van der Waals surface area contributed by atoms with Crippen LogP contribution < -0.4 is 0 Å². The molecule has 1 heterocycles. The van der Waals surface area contributed by atoms with Crippen LogP contribution in [0.2, 0.25) is 0 Å². The Labute approximate surface area is 177 Å². The van der Waals surface area contributed by atoms with Crippen molar-refractivity contribution < 1.29 is 14.3 Å². The fraction of sp³-hybridized carbons (Fsp3) is 0.522. The summed E-state index contributed by atoms with van der Waals surface area (Å²) in [6, 6.07) is 10.3. The van der Waals surface area contributed by atoms with Gasteiger partial charge in [0, 0.05) is 11.4 Å². The van der Waals surface area contributed by atoms with E-state index in [-0.39, 0.29) is 17.9 Å². The molecule has 0 aliphatic heterocycles. The Hall–Kier alpha value is -2.21. The first-order valence-electron chi connectivity index (χ1n) is 10.6. The van der Waals surface area contributed by atoms with Gasteiger partial charge in [-0.3, -0.25) is 4.79 Å². The van der Waals surface area contributed by atoms with E-state index in [4.69, 9.17) is 4.74 Å². The number of carbonyl (C=O) groups is 2. The molecule has 0 spiro atoms. The summed E-state index contributed by atoms with van der Waals surface area (Å²) in [6.07, 6.45) is 6.38. The minimum Gasteiger partial charge on any atom is -0.461 e. The zero-order valence-corrected chi connectivity index (χ0v) is 18.1. The molecule has 0 bridgehead atoms. The lowest BCUT2D eigenvalue weighted by atomic mass is 9.90. The Kier molecular flexibility index (Phi) is 7.81. The highest BCUT2D eigenvalue weighted by Gasteiger charge is 2.31. The zero-order chi connectivity index (χ0) is 20.6. The molecule has 0 N–H and O–H groups in total. The summed E-state index contributed by atoms with van der Waals surface area (Å²) in [6.45, 7) is 4.63. The second-order valence-corrected chi connectivity index (χ2v) is 8.42. The van der Waals surface area contributed by atoms with Gasteiger partial charge in [-0.2, -0.15) is 0 Å². The van der Waals surface area contributed by atoms with E-state index in [1.54, 1.807) is 12.3 Å². The number of hydrogen-bond donors (Lipinski definition) is 0. The largest absolute Gasteiger partial charge is 0.461 e. The van der Waals surface area contributed by atoms with Crippen molar-refractivity contribution in [1.82, 2.24) is 9.88 Å². The molecule has 1 fully saturated rings. The predicted molar refractivity (Wildman–Crippen MR) is 115 cm³/mol. The number of hydrogen-bond acceptors (Lipinski definition) is 5. The number of ether oxygens (including phenoxy) is 1. The smallest absolute Gasteiger partial charge is 0.357 e. The quantitative estimate of drug-likeness (QED) is 0.559. The molecule has 1 aliphatic carbocycles. The van der Waals surface area contributed by atoms with Crippen molar-refractivity contribution in [2.45, 2.75) is 70.9 Å². The average molecular weight is 415 g/mol. The third-order valence-electron chi connectivity index (χ3n) is 5.55. The Morgan fingerprint density at radius 1 is 1.17 bits per heavy atom. The van der Waals surface area contributed by atoms with Crippen molar-refractivity contribution in [1.29, 1.82) is 0 Å². The summed E-state index contributed by atoms with van der Waals surface area (Å²) in [7, 11) is 0. The molecule has 156 valence electrons. The lowest BCUT2D eigenvalue weighted by Crippen LogP contribution is -2.43. The molecular formula is C23H30N2O3S. The highest BCUT2D eigenvalue weighted by atomic mass is 32.1. The second-order valence-electron chi connectivity index (χ2n) is 7.48. The van der Waals surface area contributed by atoms with Crippen molar-refractivity contribution >= 4 is 23.2 Å². The van der Waals surface area contributed by atoms with Crippen LogP contribution >= 0.6 is 11.3 Å². The van der Waals surface area contributed by atoms with Crippen molar-refractivity contribution in [3.8, 4) is 0 Å². The van der Waals surface area contributed by atoms with Crippen LogP contribution in [0.25, 0.3) is 0 Å². The normalized spacial score (nSPS) is 15.7. The number of benzene rings is 1. The number of aromatic nitrogens is 1. The maximum atomic E-state index is 13.6. The van der Waals surface area contributed by atoms with E-state index in [2.05, 4.69) is 11.9 Å². The summed E-state index contributed by atoms with van der Waals surface area (Å²) in [5, 5.41) is 2.51. The highest BCUT2D eigenvalue weighted by Crippen LogP contribution is 2.30. The van der Waals surface area contributed by atoms with Crippen LogP contribution in [-0.4, -0.2) is 34.4 Å². The van der Waals surface area contributed by atoms with Crippen LogP contribution in [0.4, 0.5) is 0 Å². The van der Waals surface area contributed by atoms with Gasteiger partial charge in [0.25, 0.3) is 0 Å². The van der Waals surface area contributed by atoms with Crippen molar-refractivity contribution in [2.24, 2.45) is 0 Å². The standard InChI is InChI=1S/C23H30N2O3S/c1-3-19(17-11-7-5-8-12-17)22(26)25(18-13-9-6-10-14-18)15-21-24-20(16-29-21)23(27)28-4-2/h5,7-8,11-12,16,18-19H,3-4,6,9-10,13-15H2,1-2H3. The van der Waals surface area contributed by atoms with Crippen molar-refractivity contribution in [3.05, 3.63) is 52.0 Å². The molecule has 0 radical (unpaired) electrons. The number of rotatable bonds is 8. The molecule has 3 rings (SSSR count). The fourth-order valence-corrected chi connectivity index (χ4v) is 4.81. The van der Waals surface area contributed by atoms with Crippen LogP contribution in [0.3, 0.4) is 0 Å². The summed E-state index contributed by atoms with van der Waals surface area (Å²) in [4.78, 5) is 32.1. The Morgan fingerprint density at radius 3 is 2.55 bits per heavy atom. The molecule has 6 heteroatoms.